The maximum atomic E-state index is 12.1. The van der Waals surface area contributed by atoms with Crippen molar-refractivity contribution in [2.24, 2.45) is 0 Å². The van der Waals surface area contributed by atoms with Crippen LogP contribution in [0.4, 0.5) is 0 Å². The molecule has 152 valence electrons. The van der Waals surface area contributed by atoms with Crippen molar-refractivity contribution in [3.8, 4) is 11.5 Å². The molecule has 1 N–H and O–H groups in total. The summed E-state index contributed by atoms with van der Waals surface area (Å²) in [5.41, 5.74) is 0.674. The van der Waals surface area contributed by atoms with Gasteiger partial charge in [-0.1, -0.05) is 31.5 Å². The molecule has 0 bridgehead atoms. The maximum absolute atomic E-state index is 12.1. The number of carbonyl (C=O) groups excluding carboxylic acids is 1. The molecule has 0 amide bonds. The Morgan fingerprint density at radius 2 is 1.87 bits per heavy atom. The second kappa shape index (κ2) is 11.2. The Kier molecular flexibility index (Phi) is 8.92. The normalized spacial score (nSPS) is 11.5. The second-order valence-corrected chi connectivity index (χ2v) is 6.55. The number of hydrogen-bond donors (Lipinski definition) is 1. The number of carboxylic acid groups (broad SMARTS) is 1. The molecule has 0 fully saturated rings. The van der Waals surface area contributed by atoms with Crippen LogP contribution < -0.4 is 49.6 Å². The van der Waals surface area contributed by atoms with E-state index in [1.165, 1.54) is 18.2 Å². The standard InChI is InChI=1S/C22H22O7.Na/c1-2-5-14-6-3-4-7-19(14)28-13-15(23)12-27-16-8-9-20-17(10-16)18(24)11-21(29-20)22(25)26;/h3-4,6-11,15,23H,2,5,12-13H2,1H3,(H,25,26);/q;+1/p-1. The number of aromatic carboxylic acids is 1. The van der Waals surface area contributed by atoms with Gasteiger partial charge in [0.1, 0.15) is 42.4 Å². The zero-order valence-electron chi connectivity index (χ0n) is 16.9. The summed E-state index contributed by atoms with van der Waals surface area (Å²) in [5.74, 6) is -1.02. The van der Waals surface area contributed by atoms with Gasteiger partial charge in [-0.15, -0.1) is 0 Å². The van der Waals surface area contributed by atoms with Crippen LogP contribution in [0.25, 0.3) is 11.0 Å². The number of aliphatic hydroxyl groups is 1. The van der Waals surface area contributed by atoms with Gasteiger partial charge in [-0.2, -0.15) is 0 Å². The van der Waals surface area contributed by atoms with Crippen LogP contribution in [0.1, 0.15) is 29.5 Å². The van der Waals surface area contributed by atoms with Crippen LogP contribution in [0, 0.1) is 0 Å². The van der Waals surface area contributed by atoms with Gasteiger partial charge in [0, 0.05) is 6.07 Å². The van der Waals surface area contributed by atoms with E-state index in [9.17, 15) is 19.8 Å². The molecule has 0 aliphatic carbocycles. The number of aliphatic hydroxyl groups excluding tert-OH is 1. The predicted molar refractivity (Wildman–Crippen MR) is 104 cm³/mol. The van der Waals surface area contributed by atoms with Crippen LogP contribution in [0.15, 0.2) is 57.7 Å². The molecule has 0 saturated heterocycles. The Hall–Kier alpha value is -2.32. The van der Waals surface area contributed by atoms with Crippen LogP contribution in [-0.4, -0.2) is 30.4 Å². The molecule has 0 radical (unpaired) electrons. The van der Waals surface area contributed by atoms with Crippen LogP contribution >= 0.6 is 0 Å². The van der Waals surface area contributed by atoms with Gasteiger partial charge in [0.05, 0.1) is 5.39 Å². The molecule has 8 heteroatoms. The predicted octanol–water partition coefficient (Wildman–Crippen LogP) is -1.07. The SMILES string of the molecule is CCCc1ccccc1OCC(O)COc1ccc2oc(C(=O)[O-])cc(=O)c2c1.[Na+]. The Bertz CT molecular complexity index is 1060. The number of fused-ring (bicyclic) bond motifs is 1. The molecule has 3 aromatic rings. The number of benzene rings is 2. The fourth-order valence-electron chi connectivity index (χ4n) is 2.87. The van der Waals surface area contributed by atoms with Gasteiger partial charge >= 0.3 is 29.6 Å². The molecule has 1 heterocycles. The molecular formula is C22H21NaO7. The van der Waals surface area contributed by atoms with Crippen molar-refractivity contribution in [3.63, 3.8) is 0 Å². The molecule has 2 aromatic carbocycles. The number of ether oxygens (including phenoxy) is 2. The molecule has 0 spiro atoms. The molecule has 3 rings (SSSR count). The maximum Gasteiger partial charge on any atom is 1.00 e. The van der Waals surface area contributed by atoms with E-state index >= 15 is 0 Å². The first-order valence-corrected chi connectivity index (χ1v) is 9.28. The zero-order valence-corrected chi connectivity index (χ0v) is 18.9. The molecule has 0 aliphatic heterocycles. The van der Waals surface area contributed by atoms with Crippen LogP contribution in [-0.2, 0) is 6.42 Å². The number of para-hydroxylation sites is 1. The van der Waals surface area contributed by atoms with E-state index in [1.54, 1.807) is 0 Å². The van der Waals surface area contributed by atoms with Crippen molar-refractivity contribution in [2.75, 3.05) is 13.2 Å². The third-order valence-electron chi connectivity index (χ3n) is 4.27. The molecular weight excluding hydrogens is 399 g/mol. The van der Waals surface area contributed by atoms with Gasteiger partial charge in [0.2, 0.25) is 0 Å². The summed E-state index contributed by atoms with van der Waals surface area (Å²) < 4.78 is 16.4. The smallest absolute Gasteiger partial charge is 0.542 e. The number of hydrogen-bond acceptors (Lipinski definition) is 7. The first-order chi connectivity index (χ1) is 14.0. The van der Waals surface area contributed by atoms with E-state index in [1.807, 2.05) is 24.3 Å². The quantitative estimate of drug-likeness (QED) is 0.439. The van der Waals surface area contributed by atoms with Gasteiger partial charge in [-0.05, 0) is 36.2 Å². The average molecular weight is 420 g/mol. The Labute approximate surface area is 195 Å². The topological polar surface area (TPSA) is 109 Å². The summed E-state index contributed by atoms with van der Waals surface area (Å²) in [6.07, 6.45) is 1.01. The summed E-state index contributed by atoms with van der Waals surface area (Å²) in [7, 11) is 0. The van der Waals surface area contributed by atoms with Crippen molar-refractivity contribution >= 4 is 16.9 Å². The fraction of sp³-hybridized carbons (Fsp3) is 0.273. The summed E-state index contributed by atoms with van der Waals surface area (Å²) in [5, 5.41) is 21.2. The molecule has 0 saturated carbocycles. The van der Waals surface area contributed by atoms with Crippen molar-refractivity contribution in [2.45, 2.75) is 25.9 Å². The Balaban J connectivity index is 0.00000320. The Morgan fingerprint density at radius 3 is 2.60 bits per heavy atom. The molecule has 1 atom stereocenters. The van der Waals surface area contributed by atoms with Crippen LogP contribution in [0.5, 0.6) is 11.5 Å². The molecule has 1 aromatic heterocycles. The van der Waals surface area contributed by atoms with Gasteiger partial charge in [0.25, 0.3) is 0 Å². The monoisotopic (exact) mass is 420 g/mol. The summed E-state index contributed by atoms with van der Waals surface area (Å²) >= 11 is 0. The van der Waals surface area contributed by atoms with Crippen molar-refractivity contribution in [1.82, 2.24) is 0 Å². The van der Waals surface area contributed by atoms with E-state index in [0.717, 1.165) is 30.2 Å². The number of rotatable bonds is 9. The van der Waals surface area contributed by atoms with E-state index in [-0.39, 0.29) is 53.7 Å². The third kappa shape index (κ3) is 6.09. The number of aryl methyl sites for hydroxylation is 1. The largest absolute Gasteiger partial charge is 1.00 e. The third-order valence-corrected chi connectivity index (χ3v) is 4.27. The number of carboxylic acids is 1. The van der Waals surface area contributed by atoms with Gasteiger partial charge in [-0.25, -0.2) is 0 Å². The van der Waals surface area contributed by atoms with Crippen LogP contribution in [0.3, 0.4) is 0 Å². The minimum absolute atomic E-state index is 0. The summed E-state index contributed by atoms with van der Waals surface area (Å²) in [6, 6.07) is 12.9. The zero-order chi connectivity index (χ0) is 20.8. The minimum Gasteiger partial charge on any atom is -0.542 e. The van der Waals surface area contributed by atoms with E-state index in [4.69, 9.17) is 13.9 Å². The average Bonchev–Trinajstić information content (AvgIpc) is 2.71. The van der Waals surface area contributed by atoms with Gasteiger partial charge < -0.3 is 28.9 Å². The minimum atomic E-state index is -1.56. The van der Waals surface area contributed by atoms with Crippen molar-refractivity contribution < 1.29 is 58.5 Å². The first kappa shape index (κ1) is 24.0. The van der Waals surface area contributed by atoms with Crippen molar-refractivity contribution in [3.05, 3.63) is 70.1 Å². The van der Waals surface area contributed by atoms with Gasteiger partial charge in [-0.3, -0.25) is 4.79 Å². The van der Waals surface area contributed by atoms with Gasteiger partial charge in [0.15, 0.2) is 11.2 Å². The summed E-state index contributed by atoms with van der Waals surface area (Å²) in [4.78, 5) is 22.9. The molecule has 7 nitrogen and oxygen atoms in total. The van der Waals surface area contributed by atoms with E-state index < -0.39 is 23.3 Å². The first-order valence-electron chi connectivity index (χ1n) is 9.28. The number of carbonyl (C=O) groups is 1. The van der Waals surface area contributed by atoms with E-state index in [2.05, 4.69) is 6.92 Å². The van der Waals surface area contributed by atoms with E-state index in [0.29, 0.717) is 5.75 Å². The van der Waals surface area contributed by atoms with Crippen molar-refractivity contribution in [1.29, 1.82) is 0 Å². The second-order valence-electron chi connectivity index (χ2n) is 6.55. The fourth-order valence-corrected chi connectivity index (χ4v) is 2.87. The summed E-state index contributed by atoms with van der Waals surface area (Å²) in [6.45, 7) is 2.11. The van der Waals surface area contributed by atoms with Crippen LogP contribution in [0.2, 0.25) is 0 Å². The molecule has 30 heavy (non-hydrogen) atoms. The molecule has 0 aliphatic rings. The Morgan fingerprint density at radius 1 is 1.13 bits per heavy atom. The molecule has 1 unspecified atom stereocenters.